The molecule has 0 atom stereocenters. The predicted molar refractivity (Wildman–Crippen MR) is 202 cm³/mol. The third-order valence-electron chi connectivity index (χ3n) is 8.02. The highest BCUT2D eigenvalue weighted by Gasteiger charge is 2.48. The smallest absolute Gasteiger partial charge is 0.489 e. The second-order valence-electron chi connectivity index (χ2n) is 12.0. The summed E-state index contributed by atoms with van der Waals surface area (Å²) in [5, 5.41) is 2.37. The van der Waals surface area contributed by atoms with Gasteiger partial charge in [-0.1, -0.05) is 66.7 Å². The molecule has 0 saturated heterocycles. The number of benzene rings is 6. The first-order valence-corrected chi connectivity index (χ1v) is 18.5. The fourth-order valence-electron chi connectivity index (χ4n) is 5.41. The molecule has 0 amide bonds. The van der Waals surface area contributed by atoms with Crippen molar-refractivity contribution >= 4 is 43.6 Å². The van der Waals surface area contributed by atoms with Crippen molar-refractivity contribution in [3.63, 3.8) is 0 Å². The van der Waals surface area contributed by atoms with Gasteiger partial charge in [0, 0.05) is 5.39 Å². The third-order valence-corrected chi connectivity index (χ3v) is 8.98. The Balaban J connectivity index is 0.000000218. The molecule has 55 heavy (non-hydrogen) atoms. The minimum absolute atomic E-state index is 0.0220. The zero-order valence-electron chi connectivity index (χ0n) is 30.1. The largest absolute Gasteiger partial charge is 0.534 e. The molecule has 6 aromatic carbocycles. The lowest BCUT2D eigenvalue weighted by molar-refractivity contribution is -0.0499. The van der Waals surface area contributed by atoms with Crippen molar-refractivity contribution in [2.75, 3.05) is 13.2 Å². The van der Waals surface area contributed by atoms with E-state index >= 15 is 0 Å². The van der Waals surface area contributed by atoms with Gasteiger partial charge in [-0.3, -0.25) is 0 Å². The summed E-state index contributed by atoms with van der Waals surface area (Å²) >= 11 is 0. The van der Waals surface area contributed by atoms with Gasteiger partial charge in [0.25, 0.3) is 0 Å². The van der Waals surface area contributed by atoms with Gasteiger partial charge in [0.2, 0.25) is 0 Å². The molecular formula is C42H37F3O9S. The molecule has 0 aliphatic carbocycles. The van der Waals surface area contributed by atoms with Gasteiger partial charge in [-0.15, -0.1) is 0 Å². The van der Waals surface area contributed by atoms with Crippen LogP contribution in [0.15, 0.2) is 121 Å². The van der Waals surface area contributed by atoms with Gasteiger partial charge >= 0.3 is 27.6 Å². The number of ether oxygens (including phenoxy) is 4. The van der Waals surface area contributed by atoms with Crippen LogP contribution in [-0.2, 0) is 32.8 Å². The molecule has 0 aliphatic rings. The van der Waals surface area contributed by atoms with Gasteiger partial charge in [-0.25, -0.2) is 9.59 Å². The molecule has 0 bridgehead atoms. The molecule has 0 aliphatic heterocycles. The summed E-state index contributed by atoms with van der Waals surface area (Å²) in [5.74, 6) is -0.631. The summed E-state index contributed by atoms with van der Waals surface area (Å²) in [7, 11) is -5.94. The number of carbonyl (C=O) groups is 2. The minimum Gasteiger partial charge on any atom is -0.489 e. The van der Waals surface area contributed by atoms with E-state index < -0.39 is 27.3 Å². The Morgan fingerprint density at radius 3 is 1.53 bits per heavy atom. The Kier molecular flexibility index (Phi) is 13.0. The summed E-state index contributed by atoms with van der Waals surface area (Å²) in [5.41, 5.74) is -2.16. The van der Waals surface area contributed by atoms with Crippen molar-refractivity contribution in [2.45, 2.75) is 39.5 Å². The van der Waals surface area contributed by atoms with E-state index in [0.717, 1.165) is 39.3 Å². The number of alkyl halides is 3. The topological polar surface area (TPSA) is 114 Å². The molecule has 0 aromatic heterocycles. The summed E-state index contributed by atoms with van der Waals surface area (Å²) in [6.45, 7) is 6.50. The van der Waals surface area contributed by atoms with Crippen LogP contribution in [0.2, 0.25) is 0 Å². The molecule has 0 N–H and O–H groups in total. The van der Waals surface area contributed by atoms with Crippen LogP contribution in [0.1, 0.15) is 51.3 Å². The lowest BCUT2D eigenvalue weighted by atomic mass is 10.0. The number of halogens is 3. The van der Waals surface area contributed by atoms with Gasteiger partial charge < -0.3 is 23.1 Å². The van der Waals surface area contributed by atoms with Crippen LogP contribution in [0, 0.1) is 6.92 Å². The van der Waals surface area contributed by atoms with E-state index in [1.165, 1.54) is 24.3 Å². The second kappa shape index (κ2) is 17.8. The Morgan fingerprint density at radius 2 is 1.05 bits per heavy atom. The van der Waals surface area contributed by atoms with Crippen molar-refractivity contribution in [3.05, 3.63) is 149 Å². The highest BCUT2D eigenvalue weighted by Crippen LogP contribution is 2.35. The summed E-state index contributed by atoms with van der Waals surface area (Å²) in [6.07, 6.45) is 0. The Labute approximate surface area is 316 Å². The zero-order valence-corrected chi connectivity index (χ0v) is 30.9. The third kappa shape index (κ3) is 10.5. The highest BCUT2D eigenvalue weighted by molar-refractivity contribution is 7.88. The van der Waals surface area contributed by atoms with Gasteiger partial charge in [0.05, 0.1) is 24.3 Å². The molecule has 6 aromatic rings. The number of esters is 2. The molecule has 0 radical (unpaired) electrons. The molecule has 0 heterocycles. The number of fused-ring (bicyclic) bond motifs is 2. The van der Waals surface area contributed by atoms with E-state index in [0.29, 0.717) is 24.5 Å². The van der Waals surface area contributed by atoms with E-state index in [1.54, 1.807) is 13.8 Å². The van der Waals surface area contributed by atoms with E-state index in [2.05, 4.69) is 4.18 Å². The maximum Gasteiger partial charge on any atom is 0.534 e. The predicted octanol–water partition coefficient (Wildman–Crippen LogP) is 9.73. The lowest BCUT2D eigenvalue weighted by Gasteiger charge is -2.14. The van der Waals surface area contributed by atoms with Crippen molar-refractivity contribution in [3.8, 4) is 17.2 Å². The number of hydrogen-bond acceptors (Lipinski definition) is 9. The fourth-order valence-corrected chi connectivity index (χ4v) is 5.88. The van der Waals surface area contributed by atoms with Gasteiger partial charge in [0.15, 0.2) is 5.75 Å². The van der Waals surface area contributed by atoms with E-state index in [4.69, 9.17) is 18.9 Å². The maximum absolute atomic E-state index is 12.8. The Hall–Kier alpha value is -6.08. The number of aryl methyl sites for hydroxylation is 1. The fraction of sp³-hybridized carbons (Fsp3) is 0.190. The van der Waals surface area contributed by atoms with Gasteiger partial charge in [-0.2, -0.15) is 21.6 Å². The first-order valence-electron chi connectivity index (χ1n) is 17.1. The second-order valence-corrected chi connectivity index (χ2v) is 13.5. The van der Waals surface area contributed by atoms with Crippen LogP contribution >= 0.6 is 0 Å². The number of rotatable bonds is 12. The van der Waals surface area contributed by atoms with Crippen LogP contribution in [0.4, 0.5) is 13.2 Å². The first-order chi connectivity index (χ1) is 26.3. The quantitative estimate of drug-likeness (QED) is 0.0681. The average molecular weight is 775 g/mol. The van der Waals surface area contributed by atoms with Crippen molar-refractivity contribution in [1.29, 1.82) is 0 Å². The first kappa shape index (κ1) is 40.1. The Bertz CT molecular complexity index is 2380. The van der Waals surface area contributed by atoms with Crippen LogP contribution in [0.5, 0.6) is 17.2 Å². The van der Waals surface area contributed by atoms with Crippen molar-refractivity contribution in [1.82, 2.24) is 0 Å². The highest BCUT2D eigenvalue weighted by atomic mass is 32.2. The van der Waals surface area contributed by atoms with Crippen LogP contribution in [0.25, 0.3) is 21.5 Å². The van der Waals surface area contributed by atoms with Crippen molar-refractivity contribution in [2.24, 2.45) is 0 Å². The molecule has 0 fully saturated rings. The van der Waals surface area contributed by atoms with Crippen LogP contribution < -0.4 is 13.7 Å². The van der Waals surface area contributed by atoms with Crippen molar-refractivity contribution < 1.29 is 54.3 Å². The molecular weight excluding hydrogens is 738 g/mol. The standard InChI is InChI=1S/C21H17F3O6S.C21H20O3/c1-2-28-20(25)16-10-15-11-17(29-13-14-6-4-3-5-7-14)8-9-18(15)19(12-16)30-31(26,27)21(22,23)24;1-3-23-21(22)18-11-15(2)20-10-9-19(13-17(20)12-18)24-14-16-7-5-4-6-8-16/h3-12H,2,13H2,1H3;4-13H,3,14H2,1-2H3. The van der Waals surface area contributed by atoms with Gasteiger partial charge in [0.1, 0.15) is 24.7 Å². The normalized spacial score (nSPS) is 11.3. The molecule has 9 nitrogen and oxygen atoms in total. The molecule has 6 rings (SSSR count). The summed E-state index contributed by atoms with van der Waals surface area (Å²) in [6, 6.07) is 35.5. The number of hydrogen-bond donors (Lipinski definition) is 0. The molecule has 0 unspecified atom stereocenters. The zero-order chi connectivity index (χ0) is 39.6. The molecule has 0 saturated carbocycles. The van der Waals surface area contributed by atoms with E-state index in [-0.39, 0.29) is 35.5 Å². The number of carbonyl (C=O) groups excluding carboxylic acids is 2. The summed E-state index contributed by atoms with van der Waals surface area (Å²) in [4.78, 5) is 24.1. The molecule has 13 heteroatoms. The molecule has 286 valence electrons. The molecule has 0 spiro atoms. The monoisotopic (exact) mass is 774 g/mol. The van der Waals surface area contributed by atoms with Crippen LogP contribution in [-0.4, -0.2) is 39.1 Å². The average Bonchev–Trinajstić information content (AvgIpc) is 3.16. The van der Waals surface area contributed by atoms with E-state index in [9.17, 15) is 31.2 Å². The maximum atomic E-state index is 12.8. The van der Waals surface area contributed by atoms with Gasteiger partial charge in [-0.05, 0) is 108 Å². The SMILES string of the molecule is CCOC(=O)c1cc(C)c2ccc(OCc3ccccc3)cc2c1.CCOC(=O)c1cc(OS(=O)(=O)C(F)(F)F)c2ccc(OCc3ccccc3)cc2c1. The summed E-state index contributed by atoms with van der Waals surface area (Å²) < 4.78 is 87.3. The lowest BCUT2D eigenvalue weighted by Crippen LogP contribution is -2.28. The minimum atomic E-state index is -5.94. The Morgan fingerprint density at radius 1 is 0.600 bits per heavy atom. The van der Waals surface area contributed by atoms with Crippen LogP contribution in [0.3, 0.4) is 0 Å². The van der Waals surface area contributed by atoms with E-state index in [1.807, 2.05) is 97.9 Å².